The number of benzene rings is 1. The molecule has 0 amide bonds. The molecule has 2 rings (SSSR count). The molecule has 96 valence electrons. The number of hydrogen-bond donors (Lipinski definition) is 1. The van der Waals surface area contributed by atoms with Crippen molar-refractivity contribution in [2.75, 3.05) is 25.0 Å². The molecule has 0 atom stereocenters. The van der Waals surface area contributed by atoms with Crippen LogP contribution in [-0.4, -0.2) is 30.6 Å². The van der Waals surface area contributed by atoms with Gasteiger partial charge < -0.3 is 5.32 Å². The number of piperidine rings is 1. The summed E-state index contributed by atoms with van der Waals surface area (Å²) in [4.78, 5) is 2.35. The van der Waals surface area contributed by atoms with E-state index in [1.807, 2.05) is 0 Å². The Morgan fingerprint density at radius 3 is 2.83 bits per heavy atom. The summed E-state index contributed by atoms with van der Waals surface area (Å²) in [6.45, 7) is 5.15. The van der Waals surface area contributed by atoms with Gasteiger partial charge in [0.2, 0.25) is 0 Å². The van der Waals surface area contributed by atoms with Gasteiger partial charge in [-0.15, -0.1) is 6.42 Å². The van der Waals surface area contributed by atoms with E-state index in [-0.39, 0.29) is 0 Å². The number of hydrogen-bond acceptors (Lipinski definition) is 2. The molecule has 0 unspecified atom stereocenters. The zero-order valence-electron chi connectivity index (χ0n) is 10.7. The van der Waals surface area contributed by atoms with Crippen LogP contribution >= 0.6 is 22.6 Å². The number of terminal acetylenes is 1. The van der Waals surface area contributed by atoms with E-state index in [9.17, 15) is 0 Å². The maximum Gasteiger partial charge on any atom is 0.0598 e. The standard InChI is InChI=1S/C15H19IN2/c1-3-8-18-9-6-14(7-10-18)17-15-11-13(16)5-4-12(15)2/h1,4-5,11,14,17H,6-10H2,2H3. The van der Waals surface area contributed by atoms with Crippen LogP contribution in [0.1, 0.15) is 18.4 Å². The van der Waals surface area contributed by atoms with E-state index in [0.29, 0.717) is 6.04 Å². The van der Waals surface area contributed by atoms with Crippen molar-refractivity contribution in [2.45, 2.75) is 25.8 Å². The third-order valence-corrected chi connectivity index (χ3v) is 4.13. The minimum absolute atomic E-state index is 0.580. The predicted octanol–water partition coefficient (Wildman–Crippen LogP) is 3.11. The molecular formula is C15H19IN2. The van der Waals surface area contributed by atoms with Crippen LogP contribution in [0, 0.1) is 22.8 Å². The molecule has 18 heavy (non-hydrogen) atoms. The fourth-order valence-electron chi connectivity index (χ4n) is 2.33. The highest BCUT2D eigenvalue weighted by Crippen LogP contribution is 2.22. The van der Waals surface area contributed by atoms with Crippen molar-refractivity contribution < 1.29 is 0 Å². The number of nitrogens with zero attached hydrogens (tertiary/aromatic N) is 1. The molecule has 2 nitrogen and oxygen atoms in total. The monoisotopic (exact) mass is 354 g/mol. The minimum atomic E-state index is 0.580. The van der Waals surface area contributed by atoms with Gasteiger partial charge in [0.05, 0.1) is 6.54 Å². The largest absolute Gasteiger partial charge is 0.382 e. The molecule has 1 fully saturated rings. The van der Waals surface area contributed by atoms with Gasteiger partial charge in [-0.05, 0) is 60.1 Å². The van der Waals surface area contributed by atoms with E-state index in [2.05, 4.69) is 63.9 Å². The maximum absolute atomic E-state index is 5.35. The highest BCUT2D eigenvalue weighted by molar-refractivity contribution is 14.1. The first-order valence-electron chi connectivity index (χ1n) is 6.37. The summed E-state index contributed by atoms with van der Waals surface area (Å²) in [7, 11) is 0. The van der Waals surface area contributed by atoms with Gasteiger partial charge in [0.15, 0.2) is 0 Å². The zero-order valence-corrected chi connectivity index (χ0v) is 12.9. The van der Waals surface area contributed by atoms with Crippen molar-refractivity contribution in [1.29, 1.82) is 0 Å². The van der Waals surface area contributed by atoms with Crippen LogP contribution in [0.4, 0.5) is 5.69 Å². The molecule has 0 aromatic heterocycles. The van der Waals surface area contributed by atoms with Gasteiger partial charge in [-0.1, -0.05) is 12.0 Å². The summed E-state index contributed by atoms with van der Waals surface area (Å²) in [5.74, 6) is 2.72. The highest BCUT2D eigenvalue weighted by atomic mass is 127. The number of halogens is 1. The summed E-state index contributed by atoms with van der Waals surface area (Å²) in [6.07, 6.45) is 7.69. The number of likely N-dealkylation sites (tertiary alicyclic amines) is 1. The minimum Gasteiger partial charge on any atom is -0.382 e. The lowest BCUT2D eigenvalue weighted by Gasteiger charge is -2.32. The van der Waals surface area contributed by atoms with Crippen molar-refractivity contribution in [1.82, 2.24) is 4.90 Å². The highest BCUT2D eigenvalue weighted by Gasteiger charge is 2.18. The molecule has 0 radical (unpaired) electrons. The van der Waals surface area contributed by atoms with Gasteiger partial charge in [-0.3, -0.25) is 4.90 Å². The molecule has 0 bridgehead atoms. The summed E-state index contributed by atoms with van der Waals surface area (Å²) in [5, 5.41) is 3.67. The normalized spacial score (nSPS) is 17.4. The Morgan fingerprint density at radius 1 is 1.44 bits per heavy atom. The molecule has 0 aliphatic carbocycles. The first-order chi connectivity index (χ1) is 8.69. The number of anilines is 1. The third-order valence-electron chi connectivity index (χ3n) is 3.46. The molecule has 1 aromatic carbocycles. The first-order valence-corrected chi connectivity index (χ1v) is 7.45. The van der Waals surface area contributed by atoms with Crippen molar-refractivity contribution in [3.8, 4) is 12.3 Å². The van der Waals surface area contributed by atoms with Crippen LogP contribution in [0.3, 0.4) is 0 Å². The predicted molar refractivity (Wildman–Crippen MR) is 85.8 cm³/mol. The molecule has 1 aliphatic rings. The van der Waals surface area contributed by atoms with Crippen molar-refractivity contribution >= 4 is 28.3 Å². The third kappa shape index (κ3) is 3.63. The van der Waals surface area contributed by atoms with Crippen molar-refractivity contribution in [3.05, 3.63) is 27.3 Å². The second kappa shape index (κ2) is 6.44. The summed E-state index contributed by atoms with van der Waals surface area (Å²) in [5.41, 5.74) is 2.60. The zero-order chi connectivity index (χ0) is 13.0. The summed E-state index contributed by atoms with van der Waals surface area (Å²) >= 11 is 2.36. The van der Waals surface area contributed by atoms with Crippen LogP contribution in [0.2, 0.25) is 0 Å². The Morgan fingerprint density at radius 2 is 2.17 bits per heavy atom. The number of rotatable bonds is 3. The molecule has 1 aliphatic heterocycles. The number of nitrogens with one attached hydrogen (secondary N) is 1. The van der Waals surface area contributed by atoms with Crippen LogP contribution in [0.15, 0.2) is 18.2 Å². The van der Waals surface area contributed by atoms with E-state index in [1.54, 1.807) is 0 Å². The Balaban J connectivity index is 1.92. The Kier molecular flexibility index (Phi) is 4.90. The molecule has 1 N–H and O–H groups in total. The van der Waals surface area contributed by atoms with E-state index >= 15 is 0 Å². The molecule has 1 heterocycles. The average Bonchev–Trinajstić information content (AvgIpc) is 2.37. The average molecular weight is 354 g/mol. The van der Waals surface area contributed by atoms with Gasteiger partial charge in [0, 0.05) is 28.4 Å². The molecule has 1 saturated heterocycles. The first kappa shape index (κ1) is 13.7. The van der Waals surface area contributed by atoms with Gasteiger partial charge in [0.1, 0.15) is 0 Å². The van der Waals surface area contributed by atoms with Crippen LogP contribution < -0.4 is 5.32 Å². The van der Waals surface area contributed by atoms with Crippen molar-refractivity contribution in [3.63, 3.8) is 0 Å². The van der Waals surface area contributed by atoms with Gasteiger partial charge in [0.25, 0.3) is 0 Å². The molecule has 0 saturated carbocycles. The van der Waals surface area contributed by atoms with Gasteiger partial charge in [-0.2, -0.15) is 0 Å². The van der Waals surface area contributed by atoms with Gasteiger partial charge >= 0.3 is 0 Å². The van der Waals surface area contributed by atoms with Gasteiger partial charge in [-0.25, -0.2) is 0 Å². The fraction of sp³-hybridized carbons (Fsp3) is 0.467. The van der Waals surface area contributed by atoms with E-state index in [4.69, 9.17) is 6.42 Å². The second-order valence-electron chi connectivity index (χ2n) is 4.86. The molecule has 0 spiro atoms. The van der Waals surface area contributed by atoms with Crippen LogP contribution in [0.5, 0.6) is 0 Å². The molecular weight excluding hydrogens is 335 g/mol. The number of aryl methyl sites for hydroxylation is 1. The van der Waals surface area contributed by atoms with E-state index in [1.165, 1.54) is 27.7 Å². The van der Waals surface area contributed by atoms with Crippen LogP contribution in [0.25, 0.3) is 0 Å². The topological polar surface area (TPSA) is 15.3 Å². The quantitative estimate of drug-likeness (QED) is 0.663. The van der Waals surface area contributed by atoms with E-state index < -0.39 is 0 Å². The molecule has 1 aromatic rings. The maximum atomic E-state index is 5.35. The fourth-order valence-corrected chi connectivity index (χ4v) is 2.83. The Bertz CT molecular complexity index is 442. The molecule has 3 heteroatoms. The Labute approximate surface area is 123 Å². The second-order valence-corrected chi connectivity index (χ2v) is 6.10. The van der Waals surface area contributed by atoms with E-state index in [0.717, 1.165) is 19.6 Å². The summed E-state index contributed by atoms with van der Waals surface area (Å²) in [6, 6.07) is 7.13. The summed E-state index contributed by atoms with van der Waals surface area (Å²) < 4.78 is 1.28. The SMILES string of the molecule is C#CCN1CCC(Nc2cc(I)ccc2C)CC1. The lowest BCUT2D eigenvalue weighted by Crippen LogP contribution is -2.39. The lowest BCUT2D eigenvalue weighted by molar-refractivity contribution is 0.243. The smallest absolute Gasteiger partial charge is 0.0598 e. The Hall–Kier alpha value is -0.730. The lowest BCUT2D eigenvalue weighted by atomic mass is 10.0. The van der Waals surface area contributed by atoms with Crippen LogP contribution in [-0.2, 0) is 0 Å². The van der Waals surface area contributed by atoms with Crippen molar-refractivity contribution in [2.24, 2.45) is 0 Å².